The zero-order chi connectivity index (χ0) is 44.4. The molecule has 4 amide bonds. The average molecular weight is 855 g/mol. The fourth-order valence-electron chi connectivity index (χ4n) is 6.28. The predicted molar refractivity (Wildman–Crippen MR) is 229 cm³/mol. The molecule has 0 radical (unpaired) electrons. The Morgan fingerprint density at radius 2 is 1.29 bits per heavy atom. The molecule has 16 heteroatoms. The highest BCUT2D eigenvalue weighted by Crippen LogP contribution is 2.19. The van der Waals surface area contributed by atoms with E-state index < -0.39 is 54.7 Å². The van der Waals surface area contributed by atoms with Gasteiger partial charge in [-0.3, -0.25) is 9.59 Å². The van der Waals surface area contributed by atoms with Crippen LogP contribution >= 0.6 is 0 Å². The second-order valence-corrected chi connectivity index (χ2v) is 14.5. The van der Waals surface area contributed by atoms with E-state index in [-0.39, 0.29) is 57.9 Å². The summed E-state index contributed by atoms with van der Waals surface area (Å²) >= 11 is 0. The molecule has 16 nitrogen and oxygen atoms in total. The summed E-state index contributed by atoms with van der Waals surface area (Å²) in [5.74, 6) is -2.56. The molecular weight excluding hydrogens is 797 g/mol. The van der Waals surface area contributed by atoms with Crippen molar-refractivity contribution in [2.45, 2.75) is 103 Å². The van der Waals surface area contributed by atoms with Gasteiger partial charge < -0.3 is 35.3 Å². The van der Waals surface area contributed by atoms with Crippen molar-refractivity contribution in [1.82, 2.24) is 25.1 Å². The monoisotopic (exact) mass is 854 g/mol. The first-order chi connectivity index (χ1) is 30.2. The molecule has 1 aromatic heterocycles. The van der Waals surface area contributed by atoms with Crippen molar-refractivity contribution < 1.29 is 47.7 Å². The largest absolute Gasteiger partial charge is 0.464 e. The van der Waals surface area contributed by atoms with E-state index in [2.05, 4.69) is 22.5 Å². The van der Waals surface area contributed by atoms with Crippen LogP contribution in [0, 0.1) is 0 Å². The number of nitrogens with zero attached hydrogens (tertiary/aromatic N) is 3. The number of benzene rings is 3. The quantitative estimate of drug-likeness (QED) is 0.0366. The molecule has 4 rings (SSSR count). The van der Waals surface area contributed by atoms with Gasteiger partial charge in [0.25, 0.3) is 5.91 Å². The van der Waals surface area contributed by atoms with Gasteiger partial charge in [0, 0.05) is 19.2 Å². The highest BCUT2D eigenvalue weighted by atomic mass is 16.6. The molecule has 0 bridgehead atoms. The molecule has 4 aromatic rings. The van der Waals surface area contributed by atoms with Gasteiger partial charge in [-0.1, -0.05) is 130 Å². The minimum atomic E-state index is -1.49. The summed E-state index contributed by atoms with van der Waals surface area (Å²) in [5.41, 5.74) is 8.04. The van der Waals surface area contributed by atoms with Crippen LogP contribution in [0.2, 0.25) is 0 Å². The number of nitrogens with one attached hydrogen (secondary N) is 2. The normalized spacial score (nSPS) is 11.7. The summed E-state index contributed by atoms with van der Waals surface area (Å²) < 4.78 is 23.1. The van der Waals surface area contributed by atoms with Gasteiger partial charge in [-0.05, 0) is 42.4 Å². The second-order valence-electron chi connectivity index (χ2n) is 14.5. The average Bonchev–Trinajstić information content (AvgIpc) is 3.77. The first kappa shape index (κ1) is 48.1. The number of imide groups is 1. The van der Waals surface area contributed by atoms with Crippen LogP contribution in [-0.2, 0) is 59.6 Å². The third kappa shape index (κ3) is 17.2. The lowest BCUT2D eigenvalue weighted by molar-refractivity contribution is -0.155. The van der Waals surface area contributed by atoms with Gasteiger partial charge in [0.15, 0.2) is 0 Å². The van der Waals surface area contributed by atoms with Crippen LogP contribution in [0.15, 0.2) is 104 Å². The van der Waals surface area contributed by atoms with Gasteiger partial charge in [0.05, 0.1) is 18.8 Å². The Labute approximate surface area is 362 Å². The summed E-state index contributed by atoms with van der Waals surface area (Å²) in [7, 11) is 0. The van der Waals surface area contributed by atoms with Gasteiger partial charge in [-0.25, -0.2) is 33.6 Å². The Balaban J connectivity index is 1.54. The Kier molecular flexibility index (Phi) is 21.2. The van der Waals surface area contributed by atoms with Crippen LogP contribution in [-0.4, -0.2) is 82.3 Å². The molecular formula is C46H58N6O10. The molecule has 332 valence electrons. The fraction of sp³-hybridized carbons (Fsp3) is 0.413. The zero-order valence-corrected chi connectivity index (χ0v) is 35.3. The van der Waals surface area contributed by atoms with Crippen molar-refractivity contribution in [3.05, 3.63) is 126 Å². The van der Waals surface area contributed by atoms with Crippen LogP contribution < -0.4 is 16.4 Å². The highest BCUT2D eigenvalue weighted by Gasteiger charge is 2.41. The molecule has 0 saturated heterocycles. The topological polar surface area (TPSA) is 210 Å². The SMILES string of the molecule is CCCCCCCCOC(=O)[C@H](CCCCNC(=O)OCc1ccccc1)N(C(=O)OCc1ccccc1)C(=O)[C@H](Cc1cn(C(=O)OCc2ccccc2)cn1)NC(=O)CN. The van der Waals surface area contributed by atoms with Crippen molar-refractivity contribution in [2.24, 2.45) is 5.73 Å². The lowest BCUT2D eigenvalue weighted by Gasteiger charge is -2.31. The van der Waals surface area contributed by atoms with E-state index in [1.54, 1.807) is 42.5 Å². The number of carbonyl (C=O) groups is 6. The molecule has 4 N–H and O–H groups in total. The van der Waals surface area contributed by atoms with Crippen LogP contribution in [0.5, 0.6) is 0 Å². The second kappa shape index (κ2) is 27.3. The number of esters is 1. The van der Waals surface area contributed by atoms with Crippen molar-refractivity contribution in [3.63, 3.8) is 0 Å². The Bertz CT molecular complexity index is 1980. The molecule has 0 aliphatic carbocycles. The molecule has 0 fully saturated rings. The summed E-state index contributed by atoms with van der Waals surface area (Å²) in [6.07, 6.45) is 5.86. The highest BCUT2D eigenvalue weighted by molar-refractivity contribution is 6.00. The number of aromatic nitrogens is 2. The van der Waals surface area contributed by atoms with E-state index in [1.807, 2.05) is 48.5 Å². The number of ether oxygens (including phenoxy) is 4. The Hall–Kier alpha value is -6.55. The number of rotatable bonds is 25. The van der Waals surface area contributed by atoms with E-state index in [9.17, 15) is 28.8 Å². The number of imidazole rings is 1. The van der Waals surface area contributed by atoms with Crippen LogP contribution in [0.25, 0.3) is 0 Å². The van der Waals surface area contributed by atoms with Crippen molar-refractivity contribution >= 4 is 36.1 Å². The first-order valence-corrected chi connectivity index (χ1v) is 21.1. The minimum Gasteiger partial charge on any atom is -0.464 e. The van der Waals surface area contributed by atoms with Gasteiger partial charge in [-0.2, -0.15) is 0 Å². The molecule has 1 heterocycles. The number of hydrogen-bond acceptors (Lipinski definition) is 12. The Morgan fingerprint density at radius 1 is 0.710 bits per heavy atom. The number of alkyl carbamates (subject to hydrolysis) is 1. The summed E-state index contributed by atoms with van der Waals surface area (Å²) in [4.78, 5) is 85.8. The van der Waals surface area contributed by atoms with Crippen molar-refractivity contribution in [1.29, 1.82) is 0 Å². The third-order valence-corrected chi connectivity index (χ3v) is 9.64. The summed E-state index contributed by atoms with van der Waals surface area (Å²) in [5, 5.41) is 5.23. The van der Waals surface area contributed by atoms with Crippen molar-refractivity contribution in [2.75, 3.05) is 19.7 Å². The number of nitrogens with two attached hydrogens (primary N) is 1. The van der Waals surface area contributed by atoms with Crippen LogP contribution in [0.4, 0.5) is 14.4 Å². The molecule has 0 saturated carbocycles. The van der Waals surface area contributed by atoms with Gasteiger partial charge in [0.1, 0.15) is 38.2 Å². The lowest BCUT2D eigenvalue weighted by Crippen LogP contribution is -2.57. The van der Waals surface area contributed by atoms with Crippen LogP contribution in [0.3, 0.4) is 0 Å². The molecule has 0 aliphatic heterocycles. The molecule has 62 heavy (non-hydrogen) atoms. The Morgan fingerprint density at radius 3 is 1.90 bits per heavy atom. The zero-order valence-electron chi connectivity index (χ0n) is 35.3. The molecule has 0 spiro atoms. The maximum atomic E-state index is 14.7. The molecule has 0 unspecified atom stereocenters. The molecule has 0 aliphatic rings. The molecule has 2 atom stereocenters. The lowest BCUT2D eigenvalue weighted by atomic mass is 10.0. The third-order valence-electron chi connectivity index (χ3n) is 9.64. The minimum absolute atomic E-state index is 0.00561. The maximum Gasteiger partial charge on any atom is 0.419 e. The number of amides is 4. The first-order valence-electron chi connectivity index (χ1n) is 21.1. The maximum absolute atomic E-state index is 14.7. The number of hydrogen-bond donors (Lipinski definition) is 3. The van der Waals surface area contributed by atoms with E-state index in [1.165, 1.54) is 12.5 Å². The predicted octanol–water partition coefficient (Wildman–Crippen LogP) is 6.59. The van der Waals surface area contributed by atoms with Gasteiger partial charge in [0.2, 0.25) is 5.91 Å². The summed E-state index contributed by atoms with van der Waals surface area (Å²) in [6, 6.07) is 24.1. The smallest absolute Gasteiger partial charge is 0.419 e. The van der Waals surface area contributed by atoms with Gasteiger partial charge in [-0.15, -0.1) is 0 Å². The van der Waals surface area contributed by atoms with E-state index in [4.69, 9.17) is 24.7 Å². The van der Waals surface area contributed by atoms with E-state index in [0.29, 0.717) is 23.3 Å². The standard InChI is InChI=1S/C46H58N6O10/c1-2-3-4-5-6-18-27-59-43(55)40(25-16-17-26-48-44(56)60-31-35-19-10-7-11-20-35)52(46(58)62-33-37-23-14-9-15-24-37)42(54)39(50-41(53)29-47)28-38-30-51(34-49-38)45(57)61-32-36-21-12-8-13-22-36/h7-15,19-24,30,34,39-40H,2-6,16-18,25-29,31-33,47H2,1H3,(H,48,56)(H,50,53)/t39-,40-/m0/s1. The number of unbranched alkanes of at least 4 members (excludes halogenated alkanes) is 6. The van der Waals surface area contributed by atoms with Crippen molar-refractivity contribution in [3.8, 4) is 0 Å². The summed E-state index contributed by atoms with van der Waals surface area (Å²) in [6.45, 7) is 1.72. The number of carbonyl (C=O) groups excluding carboxylic acids is 6. The van der Waals surface area contributed by atoms with Crippen LogP contribution in [0.1, 0.15) is 87.1 Å². The fourth-order valence-corrected chi connectivity index (χ4v) is 6.28. The van der Waals surface area contributed by atoms with E-state index in [0.717, 1.165) is 47.8 Å². The van der Waals surface area contributed by atoms with E-state index >= 15 is 0 Å². The van der Waals surface area contributed by atoms with Gasteiger partial charge >= 0.3 is 24.2 Å². The molecule has 3 aromatic carbocycles.